The molecule has 0 saturated heterocycles. The molecule has 1 amide bonds. The lowest BCUT2D eigenvalue weighted by molar-refractivity contribution is -0.137. The molecule has 0 aliphatic carbocycles. The van der Waals surface area contributed by atoms with Crippen LogP contribution >= 0.6 is 0 Å². The Morgan fingerprint density at radius 1 is 0.912 bits per heavy atom. The number of hydrogen-bond donors (Lipinski definition) is 1. The monoisotopic (exact) mass is 459 g/mol. The third-order valence-corrected chi connectivity index (χ3v) is 5.61. The number of carbonyl (C=O) groups excluding carboxylic acids is 2. The number of hydrogen-bond acceptors (Lipinski definition) is 6. The van der Waals surface area contributed by atoms with Crippen LogP contribution in [0.4, 0.5) is 4.79 Å². The largest absolute Gasteiger partial charge is 0.445 e. The number of aryl methyl sites for hydroxylation is 1. The Labute approximate surface area is 196 Å². The van der Waals surface area contributed by atoms with Crippen molar-refractivity contribution in [3.63, 3.8) is 0 Å². The summed E-state index contributed by atoms with van der Waals surface area (Å²) >= 11 is 0. The van der Waals surface area contributed by atoms with Crippen LogP contribution in [0.5, 0.6) is 5.75 Å². The Kier molecular flexibility index (Phi) is 6.63. The first-order valence-corrected chi connectivity index (χ1v) is 11.0. The van der Waals surface area contributed by atoms with Gasteiger partial charge in [0.15, 0.2) is 0 Å². The van der Waals surface area contributed by atoms with Crippen molar-refractivity contribution in [2.75, 3.05) is 0 Å². The standard InChI is InChI=1S/C27H25NO6/c1-16(2)23(28-27(31)32-15-18-9-5-4-6-10-18)26(30)33-22-14-13-20-19-11-7-8-12-21(19)25(29)34-24(20)17(22)3/h4-14,16,23H,15H2,1-3H3,(H,28,31)/t23-/m0/s1. The van der Waals surface area contributed by atoms with Gasteiger partial charge in [-0.2, -0.15) is 0 Å². The third kappa shape index (κ3) is 4.78. The van der Waals surface area contributed by atoms with Crippen molar-refractivity contribution in [2.24, 2.45) is 5.92 Å². The van der Waals surface area contributed by atoms with Crippen LogP contribution in [-0.2, 0) is 16.1 Å². The Hall–Kier alpha value is -4.13. The fraction of sp³-hybridized carbons (Fsp3) is 0.222. The average molecular weight is 459 g/mol. The lowest BCUT2D eigenvalue weighted by Crippen LogP contribution is -2.46. The molecule has 0 aliphatic heterocycles. The maximum absolute atomic E-state index is 12.9. The normalized spacial score (nSPS) is 12.0. The Balaban J connectivity index is 1.53. The first-order valence-electron chi connectivity index (χ1n) is 11.0. The SMILES string of the molecule is Cc1c(OC(=O)[C@@H](NC(=O)OCc2ccccc2)C(C)C)ccc2c1oc(=O)c1ccccc12. The molecule has 0 radical (unpaired) electrons. The van der Waals surface area contributed by atoms with Crippen molar-refractivity contribution in [1.82, 2.24) is 5.32 Å². The summed E-state index contributed by atoms with van der Waals surface area (Å²) in [6.45, 7) is 5.39. The van der Waals surface area contributed by atoms with Crippen LogP contribution in [0.1, 0.15) is 25.0 Å². The predicted molar refractivity (Wildman–Crippen MR) is 129 cm³/mol. The molecular formula is C27H25NO6. The highest BCUT2D eigenvalue weighted by atomic mass is 16.6. The molecule has 3 aromatic carbocycles. The van der Waals surface area contributed by atoms with Crippen molar-refractivity contribution in [2.45, 2.75) is 33.4 Å². The minimum absolute atomic E-state index is 0.0866. The lowest BCUT2D eigenvalue weighted by atomic mass is 10.0. The number of carbonyl (C=O) groups is 2. The molecule has 0 spiro atoms. The highest BCUT2D eigenvalue weighted by Gasteiger charge is 2.28. The molecule has 0 saturated carbocycles. The number of amides is 1. The van der Waals surface area contributed by atoms with Crippen LogP contribution in [0.2, 0.25) is 0 Å². The van der Waals surface area contributed by atoms with Crippen LogP contribution < -0.4 is 15.7 Å². The molecule has 1 aromatic heterocycles. The fourth-order valence-electron chi connectivity index (χ4n) is 3.73. The highest BCUT2D eigenvalue weighted by Crippen LogP contribution is 2.31. The molecule has 34 heavy (non-hydrogen) atoms. The van der Waals surface area contributed by atoms with Gasteiger partial charge >= 0.3 is 17.7 Å². The first-order chi connectivity index (χ1) is 16.3. The molecule has 7 nitrogen and oxygen atoms in total. The smallest absolute Gasteiger partial charge is 0.408 e. The average Bonchev–Trinajstić information content (AvgIpc) is 2.84. The number of rotatable bonds is 6. The number of ether oxygens (including phenoxy) is 2. The maximum Gasteiger partial charge on any atom is 0.408 e. The Morgan fingerprint density at radius 3 is 2.29 bits per heavy atom. The topological polar surface area (TPSA) is 94.8 Å². The summed E-state index contributed by atoms with van der Waals surface area (Å²) in [6.07, 6.45) is -0.716. The number of alkyl carbamates (subject to hydrolysis) is 1. The van der Waals surface area contributed by atoms with Gasteiger partial charge in [-0.15, -0.1) is 0 Å². The summed E-state index contributed by atoms with van der Waals surface area (Å²) in [6, 6.07) is 18.9. The molecule has 1 atom stereocenters. The maximum atomic E-state index is 12.9. The van der Waals surface area contributed by atoms with Crippen LogP contribution in [0.3, 0.4) is 0 Å². The number of benzene rings is 3. The van der Waals surface area contributed by atoms with Crippen molar-refractivity contribution in [3.05, 3.63) is 88.3 Å². The van der Waals surface area contributed by atoms with Gasteiger partial charge in [-0.1, -0.05) is 62.4 Å². The van der Waals surface area contributed by atoms with Gasteiger partial charge in [-0.25, -0.2) is 14.4 Å². The van der Waals surface area contributed by atoms with Crippen LogP contribution in [0, 0.1) is 12.8 Å². The molecule has 1 heterocycles. The van der Waals surface area contributed by atoms with Crippen molar-refractivity contribution >= 4 is 33.8 Å². The van der Waals surface area contributed by atoms with E-state index in [1.54, 1.807) is 45.0 Å². The third-order valence-electron chi connectivity index (χ3n) is 5.61. The molecule has 4 aromatic rings. The van der Waals surface area contributed by atoms with Crippen LogP contribution in [0.15, 0.2) is 75.9 Å². The van der Waals surface area contributed by atoms with E-state index in [-0.39, 0.29) is 18.3 Å². The zero-order chi connectivity index (χ0) is 24.2. The minimum atomic E-state index is -0.929. The number of esters is 1. The van der Waals surface area contributed by atoms with Gasteiger partial charge in [0.25, 0.3) is 0 Å². The number of nitrogens with one attached hydrogen (secondary N) is 1. The Bertz CT molecular complexity index is 1410. The van der Waals surface area contributed by atoms with E-state index in [0.29, 0.717) is 16.5 Å². The summed E-state index contributed by atoms with van der Waals surface area (Å²) < 4.78 is 16.4. The van der Waals surface area contributed by atoms with E-state index in [0.717, 1.165) is 16.3 Å². The van der Waals surface area contributed by atoms with E-state index in [1.165, 1.54) is 0 Å². The van der Waals surface area contributed by atoms with E-state index in [4.69, 9.17) is 13.9 Å². The molecule has 4 rings (SSSR count). The molecule has 7 heteroatoms. The highest BCUT2D eigenvalue weighted by molar-refractivity contribution is 6.05. The van der Waals surface area contributed by atoms with Crippen molar-refractivity contribution in [1.29, 1.82) is 0 Å². The Morgan fingerprint density at radius 2 is 1.59 bits per heavy atom. The van der Waals surface area contributed by atoms with Gasteiger partial charge in [-0.3, -0.25) is 0 Å². The summed E-state index contributed by atoms with van der Waals surface area (Å²) in [5.41, 5.74) is 1.24. The fourth-order valence-corrected chi connectivity index (χ4v) is 3.73. The summed E-state index contributed by atoms with van der Waals surface area (Å²) in [5, 5.41) is 4.58. The second kappa shape index (κ2) is 9.79. The zero-order valence-corrected chi connectivity index (χ0v) is 19.2. The van der Waals surface area contributed by atoms with Gasteiger partial charge in [0, 0.05) is 10.9 Å². The van der Waals surface area contributed by atoms with E-state index in [9.17, 15) is 14.4 Å². The second-order valence-corrected chi connectivity index (χ2v) is 8.35. The van der Waals surface area contributed by atoms with Gasteiger partial charge in [0.2, 0.25) is 0 Å². The quantitative estimate of drug-likeness (QED) is 0.186. The van der Waals surface area contributed by atoms with E-state index in [2.05, 4.69) is 5.32 Å². The molecule has 1 N–H and O–H groups in total. The molecule has 0 aliphatic rings. The molecule has 0 bridgehead atoms. The van der Waals surface area contributed by atoms with Gasteiger partial charge < -0.3 is 19.2 Å². The van der Waals surface area contributed by atoms with E-state index in [1.807, 2.05) is 42.5 Å². The van der Waals surface area contributed by atoms with Crippen molar-refractivity contribution in [3.8, 4) is 5.75 Å². The second-order valence-electron chi connectivity index (χ2n) is 8.35. The molecule has 174 valence electrons. The van der Waals surface area contributed by atoms with Crippen LogP contribution in [-0.4, -0.2) is 18.1 Å². The van der Waals surface area contributed by atoms with Crippen LogP contribution in [0.25, 0.3) is 21.7 Å². The van der Waals surface area contributed by atoms with Gasteiger partial charge in [0.1, 0.15) is 24.0 Å². The summed E-state index contributed by atoms with van der Waals surface area (Å²) in [5.74, 6) is -0.641. The van der Waals surface area contributed by atoms with Gasteiger partial charge in [-0.05, 0) is 42.0 Å². The minimum Gasteiger partial charge on any atom is -0.445 e. The predicted octanol–water partition coefficient (Wildman–Crippen LogP) is 5.11. The van der Waals surface area contributed by atoms with Crippen molar-refractivity contribution < 1.29 is 23.5 Å². The van der Waals surface area contributed by atoms with E-state index < -0.39 is 23.7 Å². The summed E-state index contributed by atoms with van der Waals surface area (Å²) in [7, 11) is 0. The first kappa shape index (κ1) is 23.0. The molecule has 0 fully saturated rings. The lowest BCUT2D eigenvalue weighted by Gasteiger charge is -2.21. The summed E-state index contributed by atoms with van der Waals surface area (Å²) in [4.78, 5) is 37.7. The molecule has 0 unspecified atom stereocenters. The zero-order valence-electron chi connectivity index (χ0n) is 19.2. The number of fused-ring (bicyclic) bond motifs is 3. The van der Waals surface area contributed by atoms with E-state index >= 15 is 0 Å². The van der Waals surface area contributed by atoms with Gasteiger partial charge in [0.05, 0.1) is 5.39 Å². The molecular weight excluding hydrogens is 434 g/mol.